The molecular formula is C13H18N2O4S. The van der Waals surface area contributed by atoms with Gasteiger partial charge in [-0.05, 0) is 11.6 Å². The maximum atomic E-state index is 11.4. The number of hydrogen-bond acceptors (Lipinski definition) is 6. The lowest BCUT2D eigenvalue weighted by atomic mass is 10.1. The molecule has 0 spiro atoms. The molecule has 0 saturated carbocycles. The molecule has 20 heavy (non-hydrogen) atoms. The van der Waals surface area contributed by atoms with E-state index in [1.165, 1.54) is 0 Å². The van der Waals surface area contributed by atoms with Crippen LogP contribution in [0.4, 0.5) is 5.69 Å². The zero-order chi connectivity index (χ0) is 14.2. The number of anilines is 1. The highest BCUT2D eigenvalue weighted by Crippen LogP contribution is 2.34. The minimum Gasteiger partial charge on any atom is -0.486 e. The van der Waals surface area contributed by atoms with Gasteiger partial charge in [-0.3, -0.25) is 4.90 Å². The minimum absolute atomic E-state index is 0.220. The second kappa shape index (κ2) is 5.14. The first-order valence-corrected chi connectivity index (χ1v) is 8.46. The highest BCUT2D eigenvalue weighted by molar-refractivity contribution is 7.91. The maximum absolute atomic E-state index is 11.4. The van der Waals surface area contributed by atoms with Crippen molar-refractivity contribution in [2.24, 2.45) is 0 Å². The number of hydrogen-bond donors (Lipinski definition) is 1. The number of ether oxygens (including phenoxy) is 2. The normalized spacial score (nSPS) is 21.6. The summed E-state index contributed by atoms with van der Waals surface area (Å²) in [6, 6.07) is 3.68. The highest BCUT2D eigenvalue weighted by atomic mass is 32.2. The smallest absolute Gasteiger partial charge is 0.163 e. The van der Waals surface area contributed by atoms with Gasteiger partial charge in [0.2, 0.25) is 0 Å². The molecule has 7 heteroatoms. The van der Waals surface area contributed by atoms with Crippen LogP contribution in [0.15, 0.2) is 12.1 Å². The average Bonchev–Trinajstić information content (AvgIpc) is 2.42. The monoisotopic (exact) mass is 298 g/mol. The number of fused-ring (bicyclic) bond motifs is 1. The van der Waals surface area contributed by atoms with Gasteiger partial charge in [0.1, 0.15) is 13.2 Å². The molecule has 0 radical (unpaired) electrons. The lowest BCUT2D eigenvalue weighted by molar-refractivity contribution is 0.171. The Hall–Kier alpha value is -1.47. The maximum Gasteiger partial charge on any atom is 0.163 e. The van der Waals surface area contributed by atoms with Crippen LogP contribution in [-0.2, 0) is 16.4 Å². The van der Waals surface area contributed by atoms with E-state index in [0.29, 0.717) is 50.0 Å². The summed E-state index contributed by atoms with van der Waals surface area (Å²) in [6.07, 6.45) is 0. The molecule has 1 aromatic rings. The van der Waals surface area contributed by atoms with Gasteiger partial charge in [-0.25, -0.2) is 8.42 Å². The summed E-state index contributed by atoms with van der Waals surface area (Å²) in [4.78, 5) is 2.10. The SMILES string of the molecule is Nc1cc2c(cc1CN1CCS(=O)(=O)CC1)OCCO2. The third-order valence-electron chi connectivity index (χ3n) is 3.64. The van der Waals surface area contributed by atoms with Crippen molar-refractivity contribution in [2.75, 3.05) is 43.5 Å². The van der Waals surface area contributed by atoms with E-state index in [1.54, 1.807) is 6.07 Å². The van der Waals surface area contributed by atoms with Crippen LogP contribution >= 0.6 is 0 Å². The Balaban J connectivity index is 1.74. The van der Waals surface area contributed by atoms with Gasteiger partial charge in [0.25, 0.3) is 0 Å². The molecule has 110 valence electrons. The summed E-state index contributed by atoms with van der Waals surface area (Å²) < 4.78 is 33.9. The molecule has 1 aromatic carbocycles. The molecule has 0 amide bonds. The van der Waals surface area contributed by atoms with E-state index in [4.69, 9.17) is 15.2 Å². The Morgan fingerprint density at radius 2 is 1.70 bits per heavy atom. The van der Waals surface area contributed by atoms with E-state index in [0.717, 1.165) is 5.56 Å². The van der Waals surface area contributed by atoms with Gasteiger partial charge < -0.3 is 15.2 Å². The lowest BCUT2D eigenvalue weighted by Gasteiger charge is -2.27. The zero-order valence-electron chi connectivity index (χ0n) is 11.2. The van der Waals surface area contributed by atoms with Crippen molar-refractivity contribution in [1.29, 1.82) is 0 Å². The minimum atomic E-state index is -2.85. The topological polar surface area (TPSA) is 81.9 Å². The molecule has 1 fully saturated rings. The van der Waals surface area contributed by atoms with Crippen molar-refractivity contribution >= 4 is 15.5 Å². The Morgan fingerprint density at radius 1 is 1.10 bits per heavy atom. The van der Waals surface area contributed by atoms with Crippen LogP contribution in [0, 0.1) is 0 Å². The zero-order valence-corrected chi connectivity index (χ0v) is 12.0. The summed E-state index contributed by atoms with van der Waals surface area (Å²) in [5.74, 6) is 1.83. The molecule has 0 aromatic heterocycles. The summed E-state index contributed by atoms with van der Waals surface area (Å²) in [7, 11) is -2.85. The van der Waals surface area contributed by atoms with Crippen molar-refractivity contribution in [3.63, 3.8) is 0 Å². The van der Waals surface area contributed by atoms with Crippen LogP contribution in [0.1, 0.15) is 5.56 Å². The number of sulfone groups is 1. The molecule has 2 aliphatic rings. The van der Waals surface area contributed by atoms with Gasteiger partial charge in [-0.2, -0.15) is 0 Å². The summed E-state index contributed by atoms with van der Waals surface area (Å²) >= 11 is 0. The van der Waals surface area contributed by atoms with Crippen LogP contribution < -0.4 is 15.2 Å². The van der Waals surface area contributed by atoms with Gasteiger partial charge in [0.15, 0.2) is 21.3 Å². The second-order valence-electron chi connectivity index (χ2n) is 5.12. The quantitative estimate of drug-likeness (QED) is 0.789. The molecule has 6 nitrogen and oxygen atoms in total. The third-order valence-corrected chi connectivity index (χ3v) is 5.24. The second-order valence-corrected chi connectivity index (χ2v) is 7.43. The van der Waals surface area contributed by atoms with Crippen molar-refractivity contribution in [2.45, 2.75) is 6.54 Å². The fourth-order valence-electron chi connectivity index (χ4n) is 2.43. The molecule has 2 N–H and O–H groups in total. The number of nitrogen functional groups attached to an aromatic ring is 1. The number of benzene rings is 1. The highest BCUT2D eigenvalue weighted by Gasteiger charge is 2.23. The number of nitrogens with zero attached hydrogens (tertiary/aromatic N) is 1. The van der Waals surface area contributed by atoms with E-state index in [9.17, 15) is 8.42 Å². The lowest BCUT2D eigenvalue weighted by Crippen LogP contribution is -2.39. The van der Waals surface area contributed by atoms with Gasteiger partial charge in [0.05, 0.1) is 11.5 Å². The largest absolute Gasteiger partial charge is 0.486 e. The van der Waals surface area contributed by atoms with E-state index in [2.05, 4.69) is 4.90 Å². The van der Waals surface area contributed by atoms with Gasteiger partial charge in [-0.1, -0.05) is 0 Å². The van der Waals surface area contributed by atoms with E-state index >= 15 is 0 Å². The van der Waals surface area contributed by atoms with Gasteiger partial charge in [-0.15, -0.1) is 0 Å². The molecule has 0 atom stereocenters. The van der Waals surface area contributed by atoms with Crippen LogP contribution in [0.25, 0.3) is 0 Å². The van der Waals surface area contributed by atoms with Crippen LogP contribution in [-0.4, -0.2) is 51.1 Å². The van der Waals surface area contributed by atoms with Crippen molar-refractivity contribution in [3.8, 4) is 11.5 Å². The third kappa shape index (κ3) is 2.83. The standard InChI is InChI=1S/C13H18N2O4S/c14-11-8-13-12(18-3-4-19-13)7-10(11)9-15-1-5-20(16,17)6-2-15/h7-8H,1-6,9,14H2. The molecule has 0 unspecified atom stereocenters. The Bertz CT molecular complexity index is 601. The molecule has 2 aliphatic heterocycles. The number of rotatable bonds is 2. The molecule has 2 heterocycles. The Kier molecular flexibility index (Phi) is 3.47. The molecule has 0 aliphatic carbocycles. The first-order valence-electron chi connectivity index (χ1n) is 6.64. The van der Waals surface area contributed by atoms with Crippen LogP contribution in [0.2, 0.25) is 0 Å². The average molecular weight is 298 g/mol. The van der Waals surface area contributed by atoms with Crippen molar-refractivity contribution in [3.05, 3.63) is 17.7 Å². The number of nitrogens with two attached hydrogens (primary N) is 1. The van der Waals surface area contributed by atoms with Crippen molar-refractivity contribution < 1.29 is 17.9 Å². The van der Waals surface area contributed by atoms with E-state index in [1.807, 2.05) is 6.07 Å². The van der Waals surface area contributed by atoms with E-state index in [-0.39, 0.29) is 11.5 Å². The predicted octanol–water partition coefficient (Wildman–Crippen LogP) is 0.270. The molecule has 3 rings (SSSR count). The van der Waals surface area contributed by atoms with E-state index < -0.39 is 9.84 Å². The predicted molar refractivity (Wildman–Crippen MR) is 75.8 cm³/mol. The molecule has 1 saturated heterocycles. The Labute approximate surface area is 118 Å². The summed E-state index contributed by atoms with van der Waals surface area (Å²) in [5, 5.41) is 0. The first-order chi connectivity index (χ1) is 9.53. The summed E-state index contributed by atoms with van der Waals surface area (Å²) in [5.41, 5.74) is 7.64. The Morgan fingerprint density at radius 3 is 2.35 bits per heavy atom. The summed E-state index contributed by atoms with van der Waals surface area (Å²) in [6.45, 7) is 2.82. The van der Waals surface area contributed by atoms with Gasteiger partial charge in [0, 0.05) is 31.4 Å². The molecular weight excluding hydrogens is 280 g/mol. The van der Waals surface area contributed by atoms with Crippen molar-refractivity contribution in [1.82, 2.24) is 4.90 Å². The fourth-order valence-corrected chi connectivity index (χ4v) is 3.71. The first kappa shape index (κ1) is 13.5. The van der Waals surface area contributed by atoms with Gasteiger partial charge >= 0.3 is 0 Å². The molecule has 0 bridgehead atoms. The van der Waals surface area contributed by atoms with Crippen LogP contribution in [0.3, 0.4) is 0 Å². The fraction of sp³-hybridized carbons (Fsp3) is 0.538. The van der Waals surface area contributed by atoms with Crippen LogP contribution in [0.5, 0.6) is 11.5 Å².